The number of ether oxygens (including phenoxy) is 6. The van der Waals surface area contributed by atoms with Crippen LogP contribution in [0, 0.1) is 45.8 Å². The maximum Gasteiger partial charge on any atom is 0.191 e. The smallest absolute Gasteiger partial charge is 0.191 e. The summed E-state index contributed by atoms with van der Waals surface area (Å²) in [5.74, 6) is 7.06. The molecule has 8 atom stereocenters. The molecule has 4 aliphatic carbocycles. The number of benzene rings is 1. The van der Waals surface area contributed by atoms with Gasteiger partial charge in [0, 0.05) is 50.9 Å². The highest BCUT2D eigenvalue weighted by molar-refractivity contribution is 8.01. The third kappa shape index (κ3) is 5.81. The molecule has 6 fully saturated rings. The summed E-state index contributed by atoms with van der Waals surface area (Å²) in [6, 6.07) is 7.01. The average Bonchev–Trinajstić information content (AvgIpc) is 3.39. The Morgan fingerprint density at radius 3 is 2.38 bits per heavy atom. The number of hydrogen-bond acceptors (Lipinski definition) is 8. The van der Waals surface area contributed by atoms with Gasteiger partial charge in [-0.05, 0) is 93.6 Å². The normalized spacial score (nSPS) is 42.1. The van der Waals surface area contributed by atoms with E-state index in [9.17, 15) is 5.11 Å². The number of thioether (sulfide) groups is 1. The fraction of sp³-hybridized carbons (Fsp3) is 0.773. The zero-order valence-corrected chi connectivity index (χ0v) is 33.1. The van der Waals surface area contributed by atoms with Crippen LogP contribution in [0.3, 0.4) is 0 Å². The second kappa shape index (κ2) is 12.5. The summed E-state index contributed by atoms with van der Waals surface area (Å²) in [6.45, 7) is 17.1. The predicted octanol–water partition coefficient (Wildman–Crippen LogP) is 8.47. The number of aliphatic hydroxyl groups is 1. The van der Waals surface area contributed by atoms with Crippen LogP contribution >= 0.6 is 11.8 Å². The topological polar surface area (TPSA) is 75.6 Å². The van der Waals surface area contributed by atoms with Gasteiger partial charge in [0.05, 0.1) is 26.4 Å². The van der Waals surface area contributed by atoms with Crippen LogP contribution in [-0.4, -0.2) is 67.2 Å². The second-order valence-corrected chi connectivity index (χ2v) is 20.9. The Morgan fingerprint density at radius 1 is 0.904 bits per heavy atom. The largest absolute Gasteiger partial charge is 0.377 e. The maximum atomic E-state index is 12.6. The molecule has 52 heavy (non-hydrogen) atoms. The SMILES string of the molecule is CC1(C)COC2(CC[C@@]34Sc5cc(C6(C)OCC(C)(C)CO6)ccc5[C@H]5C[C@@]6(C)[C@@H](CC[C@@]6(O)C#CCOC6CCCCO6)[C@H](CC=C3C2)C54)OC1. The Labute approximate surface area is 315 Å². The van der Waals surface area contributed by atoms with Crippen LogP contribution in [0.25, 0.3) is 0 Å². The third-order valence-electron chi connectivity index (χ3n) is 14.6. The summed E-state index contributed by atoms with van der Waals surface area (Å²) in [4.78, 5) is 1.33. The van der Waals surface area contributed by atoms with E-state index in [0.29, 0.717) is 49.9 Å². The molecule has 0 amide bonds. The minimum absolute atomic E-state index is 0.00713. The molecular formula is C44H60O7S. The van der Waals surface area contributed by atoms with Crippen molar-refractivity contribution in [1.29, 1.82) is 0 Å². The van der Waals surface area contributed by atoms with Crippen LogP contribution in [-0.2, 0) is 34.2 Å². The molecule has 9 rings (SSSR count). The molecule has 1 aromatic carbocycles. The van der Waals surface area contributed by atoms with Crippen molar-refractivity contribution in [3.05, 3.63) is 41.0 Å². The molecule has 0 radical (unpaired) electrons. The van der Waals surface area contributed by atoms with Gasteiger partial charge in [-0.1, -0.05) is 70.2 Å². The minimum atomic E-state index is -1.06. The molecule has 1 aromatic rings. The fourth-order valence-electron chi connectivity index (χ4n) is 11.5. The van der Waals surface area contributed by atoms with Crippen molar-refractivity contribution >= 4 is 11.8 Å². The van der Waals surface area contributed by atoms with Crippen molar-refractivity contribution in [2.24, 2.45) is 34.0 Å². The molecule has 2 spiro atoms. The van der Waals surface area contributed by atoms with Gasteiger partial charge in [0.1, 0.15) is 12.2 Å². The van der Waals surface area contributed by atoms with E-state index in [1.54, 1.807) is 0 Å². The van der Waals surface area contributed by atoms with Gasteiger partial charge < -0.3 is 33.5 Å². The van der Waals surface area contributed by atoms with E-state index in [4.69, 9.17) is 28.4 Å². The van der Waals surface area contributed by atoms with Crippen molar-refractivity contribution in [3.8, 4) is 11.8 Å². The first-order valence-electron chi connectivity index (χ1n) is 20.2. The van der Waals surface area contributed by atoms with Gasteiger partial charge in [0.15, 0.2) is 17.9 Å². The van der Waals surface area contributed by atoms with E-state index >= 15 is 0 Å². The van der Waals surface area contributed by atoms with E-state index in [-0.39, 0.29) is 27.3 Å². The molecule has 7 nitrogen and oxygen atoms in total. The molecule has 8 heteroatoms. The van der Waals surface area contributed by atoms with Crippen molar-refractivity contribution < 1.29 is 33.5 Å². The molecule has 1 N–H and O–H groups in total. The lowest BCUT2D eigenvalue weighted by molar-refractivity contribution is -0.306. The Kier molecular flexibility index (Phi) is 8.75. The van der Waals surface area contributed by atoms with E-state index < -0.39 is 17.2 Å². The molecule has 0 aromatic heterocycles. The summed E-state index contributed by atoms with van der Waals surface area (Å²) in [7, 11) is 0. The van der Waals surface area contributed by atoms with Crippen LogP contribution in [0.2, 0.25) is 0 Å². The lowest BCUT2D eigenvalue weighted by Gasteiger charge is -2.65. The average molecular weight is 733 g/mol. The van der Waals surface area contributed by atoms with Gasteiger partial charge in [-0.25, -0.2) is 0 Å². The molecule has 3 saturated heterocycles. The summed E-state index contributed by atoms with van der Waals surface area (Å²) >= 11 is 2.11. The zero-order valence-electron chi connectivity index (χ0n) is 32.3. The summed E-state index contributed by atoms with van der Waals surface area (Å²) in [5.41, 5.74) is 2.66. The standard InChI is InChI=1S/C44H60O7S/c1-38(2)25-48-41(6,49-26-38)29-11-13-31-33-24-40(5)34(15-17-42(40,45)16-9-21-47-36-10-7-8-20-46-36)32-14-12-30-23-43(50-27-39(3,4)28-51-43)18-19-44(30,37(32)33)52-35(31)22-29/h11-13,22,32-34,36-37,45H,7-8,10,14-15,17-21,23-28H2,1-6H3/t32-,33+,34-,36?,37?,40-,42-,44+/m0/s1. The molecule has 0 bridgehead atoms. The highest BCUT2D eigenvalue weighted by Gasteiger charge is 2.69. The monoisotopic (exact) mass is 732 g/mol. The number of hydrogen-bond donors (Lipinski definition) is 1. The van der Waals surface area contributed by atoms with Gasteiger partial charge in [0.2, 0.25) is 0 Å². The van der Waals surface area contributed by atoms with Crippen molar-refractivity contribution in [3.63, 3.8) is 0 Å². The van der Waals surface area contributed by atoms with Crippen molar-refractivity contribution in [2.45, 2.75) is 145 Å². The Morgan fingerprint density at radius 2 is 1.65 bits per heavy atom. The summed E-state index contributed by atoms with van der Waals surface area (Å²) in [5, 5.41) is 12.6. The van der Waals surface area contributed by atoms with Crippen LogP contribution < -0.4 is 0 Å². The molecule has 284 valence electrons. The summed E-state index contributed by atoms with van der Waals surface area (Å²) in [6.07, 6.45) is 12.0. The van der Waals surface area contributed by atoms with Crippen LogP contribution in [0.4, 0.5) is 0 Å². The summed E-state index contributed by atoms with van der Waals surface area (Å²) < 4.78 is 38.0. The molecule has 3 saturated carbocycles. The predicted molar refractivity (Wildman–Crippen MR) is 200 cm³/mol. The van der Waals surface area contributed by atoms with Crippen molar-refractivity contribution in [1.82, 2.24) is 0 Å². The highest BCUT2D eigenvalue weighted by Crippen LogP contribution is 2.74. The lowest BCUT2D eigenvalue weighted by Crippen LogP contribution is -2.62. The third-order valence-corrected chi connectivity index (χ3v) is 16.3. The number of allylic oxidation sites excluding steroid dienone is 1. The Hall–Kier alpha value is -1.41. The fourth-order valence-corrected chi connectivity index (χ4v) is 13.4. The van der Waals surface area contributed by atoms with E-state index in [2.05, 4.69) is 89.4 Å². The maximum absolute atomic E-state index is 12.6. The molecule has 2 unspecified atom stereocenters. The molecule has 8 aliphatic rings. The van der Waals surface area contributed by atoms with Crippen LogP contribution in [0.15, 0.2) is 34.7 Å². The zero-order chi connectivity index (χ0) is 36.2. The number of rotatable bonds is 3. The van der Waals surface area contributed by atoms with Gasteiger partial charge in [-0.15, -0.1) is 11.8 Å². The first-order valence-corrected chi connectivity index (χ1v) is 21.0. The van der Waals surface area contributed by atoms with E-state index in [0.717, 1.165) is 83.2 Å². The quantitative estimate of drug-likeness (QED) is 0.245. The van der Waals surface area contributed by atoms with Gasteiger partial charge in [-0.3, -0.25) is 0 Å². The van der Waals surface area contributed by atoms with Crippen LogP contribution in [0.1, 0.15) is 123 Å². The van der Waals surface area contributed by atoms with E-state index in [1.807, 2.05) is 0 Å². The first kappa shape index (κ1) is 36.2. The lowest BCUT2D eigenvalue weighted by atomic mass is 9.46. The number of fused-ring (bicyclic) bond motifs is 4. The molecule has 4 aliphatic heterocycles. The molecule has 4 heterocycles. The van der Waals surface area contributed by atoms with Gasteiger partial charge >= 0.3 is 0 Å². The van der Waals surface area contributed by atoms with Gasteiger partial charge in [0.25, 0.3) is 0 Å². The molecular weight excluding hydrogens is 673 g/mol. The van der Waals surface area contributed by atoms with E-state index in [1.165, 1.54) is 16.0 Å². The van der Waals surface area contributed by atoms with Crippen molar-refractivity contribution in [2.75, 3.05) is 39.6 Å². The minimum Gasteiger partial charge on any atom is -0.377 e. The highest BCUT2D eigenvalue weighted by atomic mass is 32.2. The van der Waals surface area contributed by atoms with Crippen LogP contribution in [0.5, 0.6) is 0 Å². The Balaban J connectivity index is 1.08. The first-order chi connectivity index (χ1) is 24.7. The Bertz CT molecular complexity index is 1650. The van der Waals surface area contributed by atoms with Gasteiger partial charge in [-0.2, -0.15) is 0 Å². The second-order valence-electron chi connectivity index (χ2n) is 19.6.